The van der Waals surface area contributed by atoms with Gasteiger partial charge in [0.25, 0.3) is 0 Å². The molecule has 0 aliphatic rings. The van der Waals surface area contributed by atoms with Gasteiger partial charge in [-0.05, 0) is 74.2 Å². The van der Waals surface area contributed by atoms with Gasteiger partial charge in [0, 0.05) is 0 Å². The molecular weight excluding hydrogens is 410 g/mol. The van der Waals surface area contributed by atoms with Gasteiger partial charge in [-0.3, -0.25) is 0 Å². The zero-order valence-corrected chi connectivity index (χ0v) is 14.6. The Balaban J connectivity index is 2.30. The monoisotopic (exact) mass is 420 g/mol. The van der Waals surface area contributed by atoms with Crippen molar-refractivity contribution in [1.29, 1.82) is 0 Å². The van der Waals surface area contributed by atoms with Gasteiger partial charge in [-0.25, -0.2) is 4.39 Å². The van der Waals surface area contributed by atoms with E-state index in [1.165, 1.54) is 6.07 Å². The summed E-state index contributed by atoms with van der Waals surface area (Å²) in [7, 11) is 0. The first kappa shape index (κ1) is 15.8. The van der Waals surface area contributed by atoms with Crippen molar-refractivity contribution in [2.24, 2.45) is 0 Å². The Hall–Kier alpha value is -0.580. The molecule has 0 aliphatic carbocycles. The van der Waals surface area contributed by atoms with Crippen LogP contribution < -0.4 is 4.74 Å². The van der Waals surface area contributed by atoms with Crippen LogP contribution in [0.2, 0.25) is 0 Å². The van der Waals surface area contributed by atoms with Crippen LogP contribution in [-0.2, 0) is 0 Å². The maximum absolute atomic E-state index is 13.6. The van der Waals surface area contributed by atoms with E-state index in [4.69, 9.17) is 16.3 Å². The number of alkyl halides is 1. The van der Waals surface area contributed by atoms with Gasteiger partial charge in [0.05, 0.1) is 20.9 Å². The fourth-order valence-corrected chi connectivity index (χ4v) is 2.84. The van der Waals surface area contributed by atoms with Gasteiger partial charge in [-0.1, -0.05) is 12.1 Å². The smallest absolute Gasteiger partial charge is 0.137 e. The lowest BCUT2D eigenvalue weighted by molar-refractivity contribution is 0.338. The molecule has 20 heavy (non-hydrogen) atoms. The minimum absolute atomic E-state index is 0.321. The van der Waals surface area contributed by atoms with Crippen LogP contribution in [0, 0.1) is 5.82 Å². The number of rotatable bonds is 4. The summed E-state index contributed by atoms with van der Waals surface area (Å²) < 4.78 is 20.3. The Bertz CT molecular complexity index is 619. The van der Waals surface area contributed by atoms with Crippen LogP contribution >= 0.6 is 43.5 Å². The fourth-order valence-electron chi connectivity index (χ4n) is 1.81. The van der Waals surface area contributed by atoms with E-state index < -0.39 is 5.38 Å². The first-order chi connectivity index (χ1) is 9.52. The molecule has 0 bridgehead atoms. The maximum Gasteiger partial charge on any atom is 0.137 e. The molecule has 0 amide bonds. The molecule has 0 aliphatic heterocycles. The zero-order valence-electron chi connectivity index (χ0n) is 10.7. The standard InChI is InChI=1S/C15H12Br2ClFO/c1-2-20-14-6-4-9(7-12(14)17)15(18)10-3-5-11(16)13(19)8-10/h3-8,15H,2H2,1H3. The molecule has 106 valence electrons. The largest absolute Gasteiger partial charge is 0.493 e. The average molecular weight is 423 g/mol. The number of halogens is 4. The van der Waals surface area contributed by atoms with Crippen molar-refractivity contribution in [2.45, 2.75) is 12.3 Å². The Morgan fingerprint density at radius 1 is 1.10 bits per heavy atom. The van der Waals surface area contributed by atoms with Crippen molar-refractivity contribution < 1.29 is 9.13 Å². The Morgan fingerprint density at radius 3 is 2.35 bits per heavy atom. The van der Waals surface area contributed by atoms with Gasteiger partial charge >= 0.3 is 0 Å². The van der Waals surface area contributed by atoms with Crippen molar-refractivity contribution in [2.75, 3.05) is 6.61 Å². The Labute approximate surface area is 139 Å². The van der Waals surface area contributed by atoms with Crippen LogP contribution in [0.15, 0.2) is 45.3 Å². The topological polar surface area (TPSA) is 9.23 Å². The summed E-state index contributed by atoms with van der Waals surface area (Å²) in [5.74, 6) is 0.445. The molecule has 5 heteroatoms. The second-order valence-corrected chi connectivity index (χ2v) is 6.30. The molecule has 1 unspecified atom stereocenters. The number of hydrogen-bond donors (Lipinski definition) is 0. The predicted octanol–water partition coefficient (Wildman–Crippen LogP) is 6.08. The van der Waals surface area contributed by atoms with Gasteiger partial charge < -0.3 is 4.74 Å². The summed E-state index contributed by atoms with van der Waals surface area (Å²) in [6.45, 7) is 2.52. The van der Waals surface area contributed by atoms with Crippen LogP contribution in [0.4, 0.5) is 4.39 Å². The van der Waals surface area contributed by atoms with Gasteiger partial charge in [0.2, 0.25) is 0 Å². The van der Waals surface area contributed by atoms with Gasteiger partial charge in [-0.15, -0.1) is 11.6 Å². The van der Waals surface area contributed by atoms with Gasteiger partial charge in [-0.2, -0.15) is 0 Å². The quantitative estimate of drug-likeness (QED) is 0.543. The van der Waals surface area contributed by atoms with E-state index in [-0.39, 0.29) is 5.82 Å². The van der Waals surface area contributed by atoms with E-state index in [1.54, 1.807) is 12.1 Å². The lowest BCUT2D eigenvalue weighted by Gasteiger charge is -2.13. The van der Waals surface area contributed by atoms with Crippen LogP contribution in [0.1, 0.15) is 23.4 Å². The highest BCUT2D eigenvalue weighted by Crippen LogP contribution is 2.35. The Kier molecular flexibility index (Phi) is 5.47. The van der Waals surface area contributed by atoms with E-state index in [1.807, 2.05) is 25.1 Å². The first-order valence-electron chi connectivity index (χ1n) is 6.04. The summed E-state index contributed by atoms with van der Waals surface area (Å²) >= 11 is 13.0. The molecule has 0 aromatic heterocycles. The third kappa shape index (κ3) is 3.54. The second kappa shape index (κ2) is 6.92. The third-order valence-corrected chi connectivity index (χ3v) is 4.55. The van der Waals surface area contributed by atoms with Crippen molar-refractivity contribution >= 4 is 43.5 Å². The molecule has 0 fully saturated rings. The molecule has 1 nitrogen and oxygen atoms in total. The molecule has 0 spiro atoms. The number of benzene rings is 2. The lowest BCUT2D eigenvalue weighted by Crippen LogP contribution is -1.97. The van der Waals surface area contributed by atoms with Crippen molar-refractivity contribution in [3.05, 3.63) is 62.3 Å². The SMILES string of the molecule is CCOc1ccc(C(Cl)c2ccc(Br)c(F)c2)cc1Br. The van der Waals surface area contributed by atoms with Crippen molar-refractivity contribution in [1.82, 2.24) is 0 Å². The van der Waals surface area contributed by atoms with Gasteiger partial charge in [0.1, 0.15) is 11.6 Å². The summed E-state index contributed by atoms with van der Waals surface area (Å²) in [6, 6.07) is 10.5. The van der Waals surface area contributed by atoms with Gasteiger partial charge in [0.15, 0.2) is 0 Å². The minimum atomic E-state index is -0.412. The van der Waals surface area contributed by atoms with Crippen molar-refractivity contribution in [3.8, 4) is 5.75 Å². The molecule has 0 N–H and O–H groups in total. The maximum atomic E-state index is 13.6. The molecule has 0 saturated heterocycles. The van der Waals surface area contributed by atoms with E-state index in [9.17, 15) is 4.39 Å². The number of hydrogen-bond acceptors (Lipinski definition) is 1. The van der Waals surface area contributed by atoms with E-state index in [0.29, 0.717) is 16.6 Å². The highest BCUT2D eigenvalue weighted by atomic mass is 79.9. The number of ether oxygens (including phenoxy) is 1. The zero-order chi connectivity index (χ0) is 14.7. The molecule has 2 aromatic carbocycles. The lowest BCUT2D eigenvalue weighted by atomic mass is 10.0. The second-order valence-electron chi connectivity index (χ2n) is 4.16. The summed E-state index contributed by atoms with van der Waals surface area (Å²) in [5.41, 5.74) is 1.59. The fraction of sp³-hybridized carbons (Fsp3) is 0.200. The summed E-state index contributed by atoms with van der Waals surface area (Å²) in [4.78, 5) is 0. The van der Waals surface area contributed by atoms with Crippen LogP contribution in [0.5, 0.6) is 5.75 Å². The van der Waals surface area contributed by atoms with Crippen LogP contribution in [-0.4, -0.2) is 6.61 Å². The van der Waals surface area contributed by atoms with Crippen LogP contribution in [0.3, 0.4) is 0 Å². The molecular formula is C15H12Br2ClFO. The predicted molar refractivity (Wildman–Crippen MR) is 87.1 cm³/mol. The molecule has 0 heterocycles. The Morgan fingerprint density at radius 2 is 1.75 bits per heavy atom. The van der Waals surface area contributed by atoms with E-state index in [2.05, 4.69) is 31.9 Å². The normalized spacial score (nSPS) is 12.2. The highest BCUT2D eigenvalue weighted by Gasteiger charge is 2.14. The van der Waals surface area contributed by atoms with E-state index >= 15 is 0 Å². The summed E-state index contributed by atoms with van der Waals surface area (Å²) in [5, 5.41) is -0.412. The van der Waals surface area contributed by atoms with E-state index in [0.717, 1.165) is 15.8 Å². The summed E-state index contributed by atoms with van der Waals surface area (Å²) in [6.07, 6.45) is 0. The van der Waals surface area contributed by atoms with Crippen LogP contribution in [0.25, 0.3) is 0 Å². The molecule has 1 atom stereocenters. The van der Waals surface area contributed by atoms with Crippen molar-refractivity contribution in [3.63, 3.8) is 0 Å². The molecule has 2 rings (SSSR count). The average Bonchev–Trinajstić information content (AvgIpc) is 2.43. The molecule has 0 radical (unpaired) electrons. The highest BCUT2D eigenvalue weighted by molar-refractivity contribution is 9.10. The third-order valence-electron chi connectivity index (χ3n) is 2.78. The molecule has 2 aromatic rings. The molecule has 0 saturated carbocycles. The minimum Gasteiger partial charge on any atom is -0.493 e. The first-order valence-corrected chi connectivity index (χ1v) is 8.06.